The van der Waals surface area contributed by atoms with Gasteiger partial charge in [0.15, 0.2) is 0 Å². The predicted octanol–water partition coefficient (Wildman–Crippen LogP) is 4.63. The molecule has 178 valence electrons. The molecule has 2 aromatic heterocycles. The number of carbonyl (C=O) groups is 1. The molecule has 0 bridgehead atoms. The van der Waals surface area contributed by atoms with Gasteiger partial charge in [-0.3, -0.25) is 9.69 Å². The highest BCUT2D eigenvalue weighted by Gasteiger charge is 2.27. The number of hydrogen-bond acceptors (Lipinski definition) is 7. The van der Waals surface area contributed by atoms with Gasteiger partial charge in [-0.05, 0) is 72.5 Å². The van der Waals surface area contributed by atoms with E-state index in [4.69, 9.17) is 4.74 Å². The summed E-state index contributed by atoms with van der Waals surface area (Å²) < 4.78 is 35.6. The van der Waals surface area contributed by atoms with Crippen molar-refractivity contribution in [1.82, 2.24) is 25.6 Å². The Balaban J connectivity index is 1.54. The highest BCUT2D eigenvalue weighted by Crippen LogP contribution is 2.34. The van der Waals surface area contributed by atoms with E-state index in [0.29, 0.717) is 35.3 Å². The third-order valence-electron chi connectivity index (χ3n) is 5.39. The Morgan fingerprint density at radius 3 is 2.63 bits per heavy atom. The monoisotopic (exact) mass is 478 g/mol. The van der Waals surface area contributed by atoms with E-state index < -0.39 is 12.5 Å². The van der Waals surface area contributed by atoms with Crippen molar-refractivity contribution in [3.8, 4) is 23.0 Å². The van der Waals surface area contributed by atoms with Crippen molar-refractivity contribution in [2.45, 2.75) is 19.5 Å². The van der Waals surface area contributed by atoms with Gasteiger partial charge in [0.1, 0.15) is 11.3 Å². The molecular formula is C24H20F2N6O3. The molecule has 5 rings (SSSR count). The summed E-state index contributed by atoms with van der Waals surface area (Å²) in [4.78, 5) is 19.6. The number of hydrogen-bond donors (Lipinski definition) is 1. The lowest BCUT2D eigenvalue weighted by Crippen LogP contribution is -2.27. The number of tetrazole rings is 1. The van der Waals surface area contributed by atoms with E-state index in [-0.39, 0.29) is 17.2 Å². The molecule has 35 heavy (non-hydrogen) atoms. The molecule has 0 radical (unpaired) electrons. The number of nitrogens with zero attached hydrogens (tertiary/aromatic N) is 5. The fourth-order valence-electron chi connectivity index (χ4n) is 3.50. The largest absolute Gasteiger partial charge is 0.477 e. The van der Waals surface area contributed by atoms with E-state index >= 15 is 0 Å². The lowest BCUT2D eigenvalue weighted by atomic mass is 10.1. The summed E-state index contributed by atoms with van der Waals surface area (Å²) in [5.74, 6) is 0.643. The second-order valence-electron chi connectivity index (χ2n) is 7.91. The van der Waals surface area contributed by atoms with E-state index in [9.17, 15) is 13.6 Å². The van der Waals surface area contributed by atoms with Crippen LogP contribution in [0.4, 0.5) is 20.2 Å². The van der Waals surface area contributed by atoms with Crippen LogP contribution in [-0.4, -0.2) is 44.7 Å². The molecule has 0 atom stereocenters. The predicted molar refractivity (Wildman–Crippen MR) is 122 cm³/mol. The molecule has 0 aliphatic heterocycles. The van der Waals surface area contributed by atoms with Crippen LogP contribution in [-0.2, 0) is 0 Å². The molecule has 2 aromatic carbocycles. The van der Waals surface area contributed by atoms with Crippen molar-refractivity contribution >= 4 is 17.3 Å². The van der Waals surface area contributed by atoms with Crippen LogP contribution in [0.25, 0.3) is 11.4 Å². The minimum absolute atomic E-state index is 0.0217. The van der Waals surface area contributed by atoms with E-state index in [2.05, 4.69) is 30.3 Å². The Bertz CT molecular complexity index is 1300. The van der Waals surface area contributed by atoms with Gasteiger partial charge in [0.05, 0.1) is 6.61 Å². The standard InChI is InChI=1S/C24H20F2N6O3/c25-24(26)35-19-10-8-17(9-11-19)32(18-4-1-3-16(13-18)21-28-30-31-29-21)23(33)20-5-2-12-27-22(20)34-14-15-6-7-15/h1-5,8-13,15,24H,6-7,14H2,(H,28,29,30,31). The molecule has 1 saturated carbocycles. The molecule has 11 heteroatoms. The van der Waals surface area contributed by atoms with Crippen molar-refractivity contribution in [2.75, 3.05) is 11.5 Å². The Hall–Kier alpha value is -4.41. The zero-order chi connectivity index (χ0) is 24.2. The van der Waals surface area contributed by atoms with Crippen molar-refractivity contribution < 1.29 is 23.0 Å². The van der Waals surface area contributed by atoms with Gasteiger partial charge in [-0.25, -0.2) is 4.98 Å². The van der Waals surface area contributed by atoms with Gasteiger partial charge < -0.3 is 9.47 Å². The Morgan fingerprint density at radius 1 is 1.09 bits per heavy atom. The van der Waals surface area contributed by atoms with Gasteiger partial charge in [-0.1, -0.05) is 12.1 Å². The zero-order valence-electron chi connectivity index (χ0n) is 18.3. The molecule has 1 N–H and O–H groups in total. The van der Waals surface area contributed by atoms with E-state index in [1.165, 1.54) is 29.2 Å². The van der Waals surface area contributed by atoms with Crippen LogP contribution in [0, 0.1) is 5.92 Å². The Labute approximate surface area is 198 Å². The number of ether oxygens (including phenoxy) is 2. The molecule has 1 aliphatic rings. The van der Waals surface area contributed by atoms with E-state index in [1.807, 2.05) is 0 Å². The fourth-order valence-corrected chi connectivity index (χ4v) is 3.50. The summed E-state index contributed by atoms with van der Waals surface area (Å²) in [6, 6.07) is 16.1. The van der Waals surface area contributed by atoms with Crippen molar-refractivity contribution in [2.24, 2.45) is 5.92 Å². The zero-order valence-corrected chi connectivity index (χ0v) is 18.3. The van der Waals surface area contributed by atoms with Crippen LogP contribution in [0.1, 0.15) is 23.2 Å². The maximum Gasteiger partial charge on any atom is 0.387 e. The van der Waals surface area contributed by atoms with Gasteiger partial charge in [-0.2, -0.15) is 14.0 Å². The van der Waals surface area contributed by atoms with Crippen LogP contribution in [0.3, 0.4) is 0 Å². The number of amides is 1. The second kappa shape index (κ2) is 9.84. The summed E-state index contributed by atoms with van der Waals surface area (Å²) in [5, 5.41) is 14.0. The number of pyridine rings is 1. The van der Waals surface area contributed by atoms with Gasteiger partial charge in [-0.15, -0.1) is 10.2 Å². The van der Waals surface area contributed by atoms with E-state index in [1.54, 1.807) is 42.6 Å². The first kappa shape index (κ1) is 22.4. The molecule has 1 aliphatic carbocycles. The topological polar surface area (TPSA) is 106 Å². The smallest absolute Gasteiger partial charge is 0.387 e. The minimum Gasteiger partial charge on any atom is -0.477 e. The molecule has 1 amide bonds. The van der Waals surface area contributed by atoms with Gasteiger partial charge in [0.25, 0.3) is 5.91 Å². The second-order valence-corrected chi connectivity index (χ2v) is 7.91. The SMILES string of the molecule is O=C(c1cccnc1OCC1CC1)N(c1ccc(OC(F)F)cc1)c1cccc(-c2nn[nH]n2)c1. The number of aromatic nitrogens is 5. The maximum absolute atomic E-state index is 13.9. The third-order valence-corrected chi connectivity index (χ3v) is 5.39. The third kappa shape index (κ3) is 5.24. The first-order chi connectivity index (χ1) is 17.1. The quantitative estimate of drug-likeness (QED) is 0.374. The average molecular weight is 478 g/mol. The van der Waals surface area contributed by atoms with Crippen LogP contribution < -0.4 is 14.4 Å². The van der Waals surface area contributed by atoms with Crippen LogP contribution in [0.15, 0.2) is 66.9 Å². The van der Waals surface area contributed by atoms with Crippen LogP contribution in [0.2, 0.25) is 0 Å². The highest BCUT2D eigenvalue weighted by molar-refractivity contribution is 6.12. The molecule has 0 unspecified atom stereocenters. The number of carbonyl (C=O) groups excluding carboxylic acids is 1. The normalized spacial score (nSPS) is 13.0. The molecule has 2 heterocycles. The fraction of sp³-hybridized carbons (Fsp3) is 0.208. The summed E-state index contributed by atoms with van der Waals surface area (Å²) in [6.45, 7) is -2.46. The van der Waals surface area contributed by atoms with Crippen LogP contribution >= 0.6 is 0 Å². The highest BCUT2D eigenvalue weighted by atomic mass is 19.3. The average Bonchev–Trinajstić information content (AvgIpc) is 3.54. The molecule has 1 fully saturated rings. The molecule has 0 spiro atoms. The number of rotatable bonds is 9. The van der Waals surface area contributed by atoms with Crippen LogP contribution in [0.5, 0.6) is 11.6 Å². The minimum atomic E-state index is -2.95. The first-order valence-corrected chi connectivity index (χ1v) is 10.9. The van der Waals surface area contributed by atoms with Crippen molar-refractivity contribution in [3.63, 3.8) is 0 Å². The number of alkyl halides is 2. The van der Waals surface area contributed by atoms with Gasteiger partial charge in [0, 0.05) is 23.1 Å². The Morgan fingerprint density at radius 2 is 1.91 bits per heavy atom. The summed E-state index contributed by atoms with van der Waals surface area (Å²) in [6.07, 6.45) is 3.76. The summed E-state index contributed by atoms with van der Waals surface area (Å²) >= 11 is 0. The molecule has 0 saturated heterocycles. The number of halogens is 2. The molecular weight excluding hydrogens is 458 g/mol. The number of aromatic amines is 1. The summed E-state index contributed by atoms with van der Waals surface area (Å²) in [7, 11) is 0. The first-order valence-electron chi connectivity index (χ1n) is 10.9. The summed E-state index contributed by atoms with van der Waals surface area (Å²) in [5.41, 5.74) is 1.82. The molecule has 4 aromatic rings. The Kier molecular flexibility index (Phi) is 6.29. The maximum atomic E-state index is 13.9. The lowest BCUT2D eigenvalue weighted by Gasteiger charge is -2.24. The number of H-pyrrole nitrogens is 1. The van der Waals surface area contributed by atoms with Crippen molar-refractivity contribution in [1.29, 1.82) is 0 Å². The molecule has 9 nitrogen and oxygen atoms in total. The van der Waals surface area contributed by atoms with Gasteiger partial charge in [0.2, 0.25) is 11.7 Å². The number of anilines is 2. The van der Waals surface area contributed by atoms with Gasteiger partial charge >= 0.3 is 6.61 Å². The lowest BCUT2D eigenvalue weighted by molar-refractivity contribution is -0.0498. The van der Waals surface area contributed by atoms with E-state index in [0.717, 1.165) is 12.8 Å². The van der Waals surface area contributed by atoms with Crippen molar-refractivity contribution in [3.05, 3.63) is 72.4 Å². The number of benzene rings is 2. The number of nitrogens with one attached hydrogen (secondary N) is 1.